The van der Waals surface area contributed by atoms with Crippen LogP contribution in [0.1, 0.15) is 32.6 Å². The van der Waals surface area contributed by atoms with Crippen LogP contribution in [0.15, 0.2) is 30.5 Å². The van der Waals surface area contributed by atoms with E-state index in [1.54, 1.807) is 0 Å². The number of carbonyl (C=O) groups excluding carboxylic acids is 1. The molecule has 0 bridgehead atoms. The lowest BCUT2D eigenvalue weighted by atomic mass is 9.95. The minimum atomic E-state index is 0.0744. The summed E-state index contributed by atoms with van der Waals surface area (Å²) in [6.45, 7) is 3.81. The number of rotatable bonds is 5. The Bertz CT molecular complexity index is 661. The summed E-state index contributed by atoms with van der Waals surface area (Å²) in [7, 11) is 0. The SMILES string of the molecule is CCCn1ccc2cc(NC(=O)[C@@H]3CCC[C@@H]3CN)ccc21. The highest BCUT2D eigenvalue weighted by molar-refractivity contribution is 5.95. The Morgan fingerprint density at radius 2 is 2.23 bits per heavy atom. The number of benzene rings is 1. The maximum atomic E-state index is 12.5. The third-order valence-electron chi connectivity index (χ3n) is 4.80. The molecule has 1 saturated carbocycles. The molecule has 3 rings (SSSR count). The molecule has 4 heteroatoms. The largest absolute Gasteiger partial charge is 0.347 e. The van der Waals surface area contributed by atoms with Crippen molar-refractivity contribution < 1.29 is 4.79 Å². The number of anilines is 1. The lowest BCUT2D eigenvalue weighted by Crippen LogP contribution is -2.29. The van der Waals surface area contributed by atoms with Gasteiger partial charge in [-0.05, 0) is 56.0 Å². The van der Waals surface area contributed by atoms with E-state index in [0.717, 1.165) is 37.9 Å². The van der Waals surface area contributed by atoms with Crippen LogP contribution in [0.25, 0.3) is 10.9 Å². The van der Waals surface area contributed by atoms with E-state index in [2.05, 4.69) is 41.2 Å². The minimum Gasteiger partial charge on any atom is -0.347 e. The fourth-order valence-electron chi connectivity index (χ4n) is 3.61. The Kier molecular flexibility index (Phi) is 4.48. The van der Waals surface area contributed by atoms with E-state index in [4.69, 9.17) is 5.73 Å². The highest BCUT2D eigenvalue weighted by Gasteiger charge is 2.31. The van der Waals surface area contributed by atoms with Gasteiger partial charge in [-0.3, -0.25) is 4.79 Å². The van der Waals surface area contributed by atoms with E-state index in [-0.39, 0.29) is 11.8 Å². The molecule has 1 amide bonds. The van der Waals surface area contributed by atoms with Crippen LogP contribution in [0.3, 0.4) is 0 Å². The fraction of sp³-hybridized carbons (Fsp3) is 0.500. The fourth-order valence-corrected chi connectivity index (χ4v) is 3.61. The van der Waals surface area contributed by atoms with Gasteiger partial charge < -0.3 is 15.6 Å². The summed E-state index contributed by atoms with van der Waals surface area (Å²) in [4.78, 5) is 12.5. The minimum absolute atomic E-state index is 0.0744. The Balaban J connectivity index is 1.75. The van der Waals surface area contributed by atoms with Crippen LogP contribution in [0.5, 0.6) is 0 Å². The van der Waals surface area contributed by atoms with Gasteiger partial charge in [-0.1, -0.05) is 13.3 Å². The van der Waals surface area contributed by atoms with Crippen molar-refractivity contribution in [2.45, 2.75) is 39.2 Å². The smallest absolute Gasteiger partial charge is 0.227 e. The lowest BCUT2D eigenvalue weighted by Gasteiger charge is -2.17. The first kappa shape index (κ1) is 15.1. The van der Waals surface area contributed by atoms with Crippen molar-refractivity contribution in [3.05, 3.63) is 30.5 Å². The molecular formula is C18H25N3O. The quantitative estimate of drug-likeness (QED) is 0.889. The number of aryl methyl sites for hydroxylation is 1. The Labute approximate surface area is 131 Å². The number of amides is 1. The van der Waals surface area contributed by atoms with Gasteiger partial charge in [0.05, 0.1) is 0 Å². The van der Waals surface area contributed by atoms with Crippen molar-refractivity contribution in [3.63, 3.8) is 0 Å². The van der Waals surface area contributed by atoms with Gasteiger partial charge in [0.15, 0.2) is 0 Å². The summed E-state index contributed by atoms with van der Waals surface area (Å²) in [5, 5.41) is 4.25. The number of aromatic nitrogens is 1. The monoisotopic (exact) mass is 299 g/mol. The highest BCUT2D eigenvalue weighted by atomic mass is 16.1. The zero-order chi connectivity index (χ0) is 15.5. The third kappa shape index (κ3) is 2.88. The van der Waals surface area contributed by atoms with E-state index in [1.165, 1.54) is 10.9 Å². The highest BCUT2D eigenvalue weighted by Crippen LogP contribution is 2.32. The van der Waals surface area contributed by atoms with Crippen LogP contribution in [0, 0.1) is 11.8 Å². The summed E-state index contributed by atoms with van der Waals surface area (Å²) in [5.74, 6) is 0.542. The van der Waals surface area contributed by atoms with Gasteiger partial charge in [-0.15, -0.1) is 0 Å². The van der Waals surface area contributed by atoms with Crippen LogP contribution in [-0.2, 0) is 11.3 Å². The molecule has 1 aromatic carbocycles. The third-order valence-corrected chi connectivity index (χ3v) is 4.80. The van der Waals surface area contributed by atoms with Crippen molar-refractivity contribution in [1.29, 1.82) is 0 Å². The molecule has 1 aliphatic carbocycles. The van der Waals surface area contributed by atoms with Crippen molar-refractivity contribution >= 4 is 22.5 Å². The van der Waals surface area contributed by atoms with Crippen molar-refractivity contribution in [1.82, 2.24) is 4.57 Å². The Morgan fingerprint density at radius 1 is 1.36 bits per heavy atom. The van der Waals surface area contributed by atoms with Gasteiger partial charge in [0, 0.05) is 35.2 Å². The topological polar surface area (TPSA) is 60.0 Å². The standard InChI is InChI=1S/C18H25N3O/c1-2-9-21-10-8-13-11-15(6-7-17(13)21)20-18(22)16-5-3-4-14(16)12-19/h6-8,10-11,14,16H,2-5,9,12,19H2,1H3,(H,20,22)/t14-,16-/m1/s1. The van der Waals surface area contributed by atoms with Crippen LogP contribution in [0.4, 0.5) is 5.69 Å². The first-order valence-electron chi connectivity index (χ1n) is 8.32. The van der Waals surface area contributed by atoms with Gasteiger partial charge in [0.1, 0.15) is 0 Å². The molecule has 22 heavy (non-hydrogen) atoms. The molecule has 0 saturated heterocycles. The second kappa shape index (κ2) is 6.53. The van der Waals surface area contributed by atoms with E-state index in [9.17, 15) is 4.79 Å². The molecule has 1 aliphatic rings. The summed E-state index contributed by atoms with van der Waals surface area (Å²) >= 11 is 0. The molecule has 0 spiro atoms. The number of nitrogens with zero attached hydrogens (tertiary/aromatic N) is 1. The van der Waals surface area contributed by atoms with Gasteiger partial charge in [0.25, 0.3) is 0 Å². The number of fused-ring (bicyclic) bond motifs is 1. The second-order valence-corrected chi connectivity index (χ2v) is 6.31. The number of hydrogen-bond acceptors (Lipinski definition) is 2. The van der Waals surface area contributed by atoms with Crippen molar-refractivity contribution in [2.75, 3.05) is 11.9 Å². The maximum absolute atomic E-state index is 12.5. The number of nitrogens with two attached hydrogens (primary N) is 1. The van der Waals surface area contributed by atoms with Gasteiger partial charge in [-0.25, -0.2) is 0 Å². The van der Waals surface area contributed by atoms with Crippen molar-refractivity contribution in [3.8, 4) is 0 Å². The Hall–Kier alpha value is -1.81. The lowest BCUT2D eigenvalue weighted by molar-refractivity contribution is -0.120. The molecule has 1 fully saturated rings. The average molecular weight is 299 g/mol. The predicted molar refractivity (Wildman–Crippen MR) is 90.7 cm³/mol. The van der Waals surface area contributed by atoms with E-state index < -0.39 is 0 Å². The van der Waals surface area contributed by atoms with E-state index >= 15 is 0 Å². The molecule has 1 aromatic heterocycles. The number of hydrogen-bond donors (Lipinski definition) is 2. The molecule has 0 aliphatic heterocycles. The summed E-state index contributed by atoms with van der Waals surface area (Å²) in [6, 6.07) is 8.26. The molecular weight excluding hydrogens is 274 g/mol. The number of carbonyl (C=O) groups is 1. The van der Waals surface area contributed by atoms with Crippen molar-refractivity contribution in [2.24, 2.45) is 17.6 Å². The first-order chi connectivity index (χ1) is 10.7. The van der Waals surface area contributed by atoms with Crippen LogP contribution in [0.2, 0.25) is 0 Å². The van der Waals surface area contributed by atoms with E-state index in [0.29, 0.717) is 12.5 Å². The summed E-state index contributed by atoms with van der Waals surface area (Å²) in [5.41, 5.74) is 7.88. The first-order valence-corrected chi connectivity index (χ1v) is 8.32. The summed E-state index contributed by atoms with van der Waals surface area (Å²) < 4.78 is 2.25. The molecule has 1 heterocycles. The number of nitrogens with one attached hydrogen (secondary N) is 1. The van der Waals surface area contributed by atoms with Gasteiger partial charge >= 0.3 is 0 Å². The second-order valence-electron chi connectivity index (χ2n) is 6.31. The molecule has 0 radical (unpaired) electrons. The molecule has 118 valence electrons. The molecule has 2 atom stereocenters. The molecule has 3 N–H and O–H groups in total. The van der Waals surface area contributed by atoms with Crippen LogP contribution < -0.4 is 11.1 Å². The normalized spacial score (nSPS) is 21.4. The molecule has 2 aromatic rings. The molecule has 0 unspecified atom stereocenters. The zero-order valence-electron chi connectivity index (χ0n) is 13.2. The average Bonchev–Trinajstić information content (AvgIpc) is 3.14. The van der Waals surface area contributed by atoms with Crippen LogP contribution in [-0.4, -0.2) is 17.0 Å². The van der Waals surface area contributed by atoms with Gasteiger partial charge in [0.2, 0.25) is 5.91 Å². The van der Waals surface area contributed by atoms with Crippen LogP contribution >= 0.6 is 0 Å². The molecule has 4 nitrogen and oxygen atoms in total. The van der Waals surface area contributed by atoms with Gasteiger partial charge in [-0.2, -0.15) is 0 Å². The Morgan fingerprint density at radius 3 is 3.00 bits per heavy atom. The van der Waals surface area contributed by atoms with E-state index in [1.807, 2.05) is 6.07 Å². The maximum Gasteiger partial charge on any atom is 0.227 e. The zero-order valence-corrected chi connectivity index (χ0v) is 13.2. The summed E-state index contributed by atoms with van der Waals surface area (Å²) in [6.07, 6.45) is 6.38. The predicted octanol–water partition coefficient (Wildman–Crippen LogP) is 3.36.